The van der Waals surface area contributed by atoms with E-state index in [0.717, 1.165) is 6.42 Å². The van der Waals surface area contributed by atoms with E-state index in [1.807, 2.05) is 27.7 Å². The van der Waals surface area contributed by atoms with Crippen molar-refractivity contribution >= 4 is 17.9 Å². The van der Waals surface area contributed by atoms with Gasteiger partial charge in [-0.15, -0.1) is 0 Å². The first-order chi connectivity index (χ1) is 15.5. The minimum Gasteiger partial charge on any atom is -0.508 e. The van der Waals surface area contributed by atoms with Gasteiger partial charge in [-0.05, 0) is 84.9 Å². The second-order valence-corrected chi connectivity index (χ2v) is 11.2. The predicted molar refractivity (Wildman–Crippen MR) is 133 cm³/mol. The van der Waals surface area contributed by atoms with Crippen LogP contribution in [0.3, 0.4) is 0 Å². The van der Waals surface area contributed by atoms with Gasteiger partial charge < -0.3 is 25.4 Å². The number of alkyl carbamates (subject to hydrolysis) is 1. The van der Waals surface area contributed by atoms with E-state index in [9.17, 15) is 19.5 Å². The van der Waals surface area contributed by atoms with Gasteiger partial charge in [-0.3, -0.25) is 9.59 Å². The van der Waals surface area contributed by atoms with Crippen LogP contribution < -0.4 is 10.6 Å². The van der Waals surface area contributed by atoms with Crippen molar-refractivity contribution in [1.29, 1.82) is 0 Å². The Bertz CT molecular complexity index is 822. The third-order valence-corrected chi connectivity index (χ3v) is 4.94. The van der Waals surface area contributed by atoms with Gasteiger partial charge in [0.05, 0.1) is 0 Å². The van der Waals surface area contributed by atoms with Crippen molar-refractivity contribution < 1.29 is 24.2 Å². The summed E-state index contributed by atoms with van der Waals surface area (Å²) in [6, 6.07) is 5.05. The molecule has 0 aromatic heterocycles. The molecule has 8 heteroatoms. The number of carbonyl (C=O) groups excluding carboxylic acids is 3. The van der Waals surface area contributed by atoms with E-state index in [4.69, 9.17) is 4.74 Å². The lowest BCUT2D eigenvalue weighted by molar-refractivity contribution is -0.143. The number of benzene rings is 1. The Morgan fingerprint density at radius 2 is 1.53 bits per heavy atom. The molecule has 34 heavy (non-hydrogen) atoms. The van der Waals surface area contributed by atoms with Crippen LogP contribution in [0.5, 0.6) is 5.75 Å². The first kappa shape index (κ1) is 29.3. The predicted octanol–water partition coefficient (Wildman–Crippen LogP) is 4.53. The molecule has 2 atom stereocenters. The molecule has 0 aliphatic carbocycles. The number of ether oxygens (including phenoxy) is 1. The fourth-order valence-electron chi connectivity index (χ4n) is 3.44. The minimum absolute atomic E-state index is 0.0658. The van der Waals surface area contributed by atoms with Gasteiger partial charge in [0.1, 0.15) is 23.9 Å². The number of nitrogens with one attached hydrogen (secondary N) is 2. The molecule has 0 saturated carbocycles. The molecule has 0 saturated heterocycles. The van der Waals surface area contributed by atoms with Crippen LogP contribution in [0.25, 0.3) is 0 Å². The lowest BCUT2D eigenvalue weighted by Gasteiger charge is -2.38. The third-order valence-electron chi connectivity index (χ3n) is 4.94. The highest BCUT2D eigenvalue weighted by Crippen LogP contribution is 2.28. The standard InChI is InChI=1S/C26H43N3O5/c1-17(2)10-11-18(3)29(21(31)16-27-24(33)34-26(7,8)9)22(23(32)28-25(4,5)6)19-12-14-20(30)15-13-19/h12-15,17-18,22,30H,10-11,16H2,1-9H3,(H,27,33)(H,28,32). The van der Waals surface area contributed by atoms with E-state index < -0.39 is 29.2 Å². The van der Waals surface area contributed by atoms with Crippen LogP contribution in [0, 0.1) is 5.92 Å². The molecule has 0 aliphatic rings. The van der Waals surface area contributed by atoms with Crippen molar-refractivity contribution in [3.63, 3.8) is 0 Å². The highest BCUT2D eigenvalue weighted by Gasteiger charge is 2.36. The zero-order chi connectivity index (χ0) is 26.3. The van der Waals surface area contributed by atoms with Crippen molar-refractivity contribution in [2.24, 2.45) is 5.92 Å². The van der Waals surface area contributed by atoms with Crippen LogP contribution in [0.1, 0.15) is 86.8 Å². The number of hydrogen-bond acceptors (Lipinski definition) is 5. The molecule has 0 bridgehead atoms. The summed E-state index contributed by atoms with van der Waals surface area (Å²) in [6.45, 7) is 16.7. The van der Waals surface area contributed by atoms with Crippen molar-refractivity contribution in [1.82, 2.24) is 15.5 Å². The molecule has 0 radical (unpaired) electrons. The van der Waals surface area contributed by atoms with Crippen molar-refractivity contribution in [2.75, 3.05) is 6.54 Å². The summed E-state index contributed by atoms with van der Waals surface area (Å²) >= 11 is 0. The summed E-state index contributed by atoms with van der Waals surface area (Å²) in [7, 11) is 0. The lowest BCUT2D eigenvalue weighted by Crippen LogP contribution is -2.53. The number of phenolic OH excluding ortho intramolecular Hbond substituents is 1. The molecule has 192 valence electrons. The van der Waals surface area contributed by atoms with Gasteiger partial charge in [-0.2, -0.15) is 0 Å². The molecule has 3 N–H and O–H groups in total. The van der Waals surface area contributed by atoms with E-state index in [-0.39, 0.29) is 24.2 Å². The largest absolute Gasteiger partial charge is 0.508 e. The number of aromatic hydroxyl groups is 1. The van der Waals surface area contributed by atoms with Gasteiger partial charge in [-0.25, -0.2) is 4.79 Å². The molecule has 0 heterocycles. The number of hydrogen-bond donors (Lipinski definition) is 3. The average Bonchev–Trinajstić information content (AvgIpc) is 2.66. The summed E-state index contributed by atoms with van der Waals surface area (Å²) in [6.07, 6.45) is 0.858. The molecule has 3 amide bonds. The molecular weight excluding hydrogens is 434 g/mol. The first-order valence-corrected chi connectivity index (χ1v) is 11.9. The normalized spacial score (nSPS) is 13.7. The van der Waals surface area contributed by atoms with E-state index in [1.54, 1.807) is 32.9 Å². The SMILES string of the molecule is CC(C)CCC(C)N(C(=O)CNC(=O)OC(C)(C)C)C(C(=O)NC(C)(C)C)c1ccc(O)cc1. The molecule has 1 rings (SSSR count). The zero-order valence-electron chi connectivity index (χ0n) is 22.2. The number of amides is 3. The van der Waals surface area contributed by atoms with Crippen molar-refractivity contribution in [3.05, 3.63) is 29.8 Å². The highest BCUT2D eigenvalue weighted by atomic mass is 16.6. The van der Waals surface area contributed by atoms with Gasteiger partial charge >= 0.3 is 6.09 Å². The van der Waals surface area contributed by atoms with E-state index in [0.29, 0.717) is 17.9 Å². The molecule has 8 nitrogen and oxygen atoms in total. The topological polar surface area (TPSA) is 108 Å². The Hall–Kier alpha value is -2.77. The summed E-state index contributed by atoms with van der Waals surface area (Å²) in [5.41, 5.74) is -0.642. The lowest BCUT2D eigenvalue weighted by atomic mass is 9.97. The third kappa shape index (κ3) is 10.4. The number of nitrogens with zero attached hydrogens (tertiary/aromatic N) is 1. The van der Waals surface area contributed by atoms with Gasteiger partial charge in [0.25, 0.3) is 0 Å². The van der Waals surface area contributed by atoms with Gasteiger partial charge in [-0.1, -0.05) is 26.0 Å². The van der Waals surface area contributed by atoms with E-state index in [2.05, 4.69) is 24.5 Å². The molecule has 0 fully saturated rings. The van der Waals surface area contributed by atoms with Crippen LogP contribution in [0.15, 0.2) is 24.3 Å². The van der Waals surface area contributed by atoms with Crippen LogP contribution >= 0.6 is 0 Å². The van der Waals surface area contributed by atoms with Crippen molar-refractivity contribution in [2.45, 2.75) is 98.4 Å². The molecule has 1 aromatic carbocycles. The highest BCUT2D eigenvalue weighted by molar-refractivity contribution is 5.91. The Kier molecular flexibility index (Phi) is 10.4. The summed E-state index contributed by atoms with van der Waals surface area (Å²) < 4.78 is 5.25. The first-order valence-electron chi connectivity index (χ1n) is 11.9. The fourth-order valence-corrected chi connectivity index (χ4v) is 3.44. The second kappa shape index (κ2) is 12.1. The Morgan fingerprint density at radius 1 is 0.971 bits per heavy atom. The number of carbonyl (C=O) groups is 3. The smallest absolute Gasteiger partial charge is 0.408 e. The van der Waals surface area contributed by atoms with Crippen LogP contribution in [-0.4, -0.2) is 51.6 Å². The minimum atomic E-state index is -0.935. The molecule has 0 spiro atoms. The maximum atomic E-state index is 13.5. The quantitative estimate of drug-likeness (QED) is 0.484. The fraction of sp³-hybridized carbons (Fsp3) is 0.654. The maximum Gasteiger partial charge on any atom is 0.408 e. The van der Waals surface area contributed by atoms with E-state index in [1.165, 1.54) is 17.0 Å². The molecule has 0 aliphatic heterocycles. The molecule has 2 unspecified atom stereocenters. The van der Waals surface area contributed by atoms with E-state index >= 15 is 0 Å². The maximum absolute atomic E-state index is 13.5. The van der Waals surface area contributed by atoms with Crippen LogP contribution in [-0.2, 0) is 14.3 Å². The van der Waals surface area contributed by atoms with Crippen molar-refractivity contribution in [3.8, 4) is 5.75 Å². The van der Waals surface area contributed by atoms with Crippen LogP contribution in [0.2, 0.25) is 0 Å². The second-order valence-electron chi connectivity index (χ2n) is 11.2. The molecule has 1 aromatic rings. The Balaban J connectivity index is 3.34. The average molecular weight is 478 g/mol. The Labute approximate surface area is 204 Å². The summed E-state index contributed by atoms with van der Waals surface area (Å²) in [5, 5.41) is 15.3. The number of phenols is 1. The van der Waals surface area contributed by atoms with Gasteiger partial charge in [0.15, 0.2) is 0 Å². The molecular formula is C26H43N3O5. The van der Waals surface area contributed by atoms with Gasteiger partial charge in [0, 0.05) is 11.6 Å². The van der Waals surface area contributed by atoms with Crippen LogP contribution in [0.4, 0.5) is 4.79 Å². The zero-order valence-corrected chi connectivity index (χ0v) is 22.2. The summed E-state index contributed by atoms with van der Waals surface area (Å²) in [5.74, 6) is -0.240. The van der Waals surface area contributed by atoms with Gasteiger partial charge in [0.2, 0.25) is 11.8 Å². The number of rotatable bonds is 9. The Morgan fingerprint density at radius 3 is 2.00 bits per heavy atom. The summed E-state index contributed by atoms with van der Waals surface area (Å²) in [4.78, 5) is 40.6. The monoisotopic (exact) mass is 477 g/mol.